The van der Waals surface area contributed by atoms with Crippen LogP contribution in [0.5, 0.6) is 0 Å². The van der Waals surface area contributed by atoms with Crippen LogP contribution in [-0.4, -0.2) is 60.3 Å². The maximum Gasteiger partial charge on any atom is 0.469 e. The number of nitrogens with one attached hydrogen (secondary N) is 2. The van der Waals surface area contributed by atoms with E-state index in [4.69, 9.17) is 14.5 Å². The molecule has 12 nitrogen and oxygen atoms in total. The molecule has 5 N–H and O–H groups in total. The van der Waals surface area contributed by atoms with E-state index in [2.05, 4.69) is 24.8 Å². The number of aromatic amines is 1. The van der Waals surface area contributed by atoms with E-state index in [1.165, 1.54) is 10.9 Å². The van der Waals surface area contributed by atoms with Crippen LogP contribution in [0, 0.1) is 0 Å². The molecule has 24 heavy (non-hydrogen) atoms. The number of phosphoric ester groups is 1. The Kier molecular flexibility index (Phi) is 4.42. The number of H-pyrrole nitrogens is 1. The third kappa shape index (κ3) is 3.34. The van der Waals surface area contributed by atoms with Crippen LogP contribution in [0.1, 0.15) is 12.6 Å². The molecule has 1 fully saturated rings. The van der Waals surface area contributed by atoms with E-state index in [1.54, 1.807) is 7.05 Å². The van der Waals surface area contributed by atoms with Gasteiger partial charge in [0.1, 0.15) is 23.7 Å². The normalized spacial score (nSPS) is 24.6. The number of aliphatic hydroxyl groups excluding tert-OH is 1. The molecule has 0 radical (unpaired) electrons. The second kappa shape index (κ2) is 6.24. The Morgan fingerprint density at radius 3 is 3.00 bits per heavy atom. The summed E-state index contributed by atoms with van der Waals surface area (Å²) in [6, 6.07) is 0. The first-order valence-corrected chi connectivity index (χ1v) is 8.49. The monoisotopic (exact) mass is 361 g/mol. The molecule has 3 rings (SSSR count). The number of aliphatic hydroxyl groups is 1. The van der Waals surface area contributed by atoms with Gasteiger partial charge in [0.05, 0.1) is 19.0 Å². The number of hydrogen-bond acceptors (Lipinski definition) is 8. The van der Waals surface area contributed by atoms with Crippen LogP contribution in [0.3, 0.4) is 0 Å². The molecule has 0 saturated carbocycles. The molecule has 0 aromatic carbocycles. The summed E-state index contributed by atoms with van der Waals surface area (Å²) in [6.07, 6.45) is -1.08. The van der Waals surface area contributed by atoms with Crippen molar-refractivity contribution in [3.63, 3.8) is 0 Å². The Balaban J connectivity index is 1.85. The van der Waals surface area contributed by atoms with Crippen molar-refractivity contribution in [1.82, 2.24) is 19.5 Å². The number of phosphoric acid groups is 1. The second-order valence-corrected chi connectivity index (χ2v) is 6.45. The summed E-state index contributed by atoms with van der Waals surface area (Å²) < 4.78 is 22.2. The van der Waals surface area contributed by atoms with Crippen molar-refractivity contribution < 1.29 is 28.7 Å². The van der Waals surface area contributed by atoms with Crippen LogP contribution < -0.4 is 11.0 Å². The highest BCUT2D eigenvalue weighted by molar-refractivity contribution is 7.46. The van der Waals surface area contributed by atoms with E-state index in [1.807, 2.05) is 0 Å². The number of rotatable bonds is 5. The summed E-state index contributed by atoms with van der Waals surface area (Å²) >= 11 is 0. The predicted molar refractivity (Wildman–Crippen MR) is 80.2 cm³/mol. The zero-order valence-corrected chi connectivity index (χ0v) is 13.4. The van der Waals surface area contributed by atoms with E-state index in [9.17, 15) is 14.5 Å². The minimum Gasteiger partial charge on any atom is -0.390 e. The summed E-state index contributed by atoms with van der Waals surface area (Å²) in [7, 11) is -3.04. The average Bonchev–Trinajstić information content (AvgIpc) is 3.06. The van der Waals surface area contributed by atoms with Crippen molar-refractivity contribution in [3.8, 4) is 0 Å². The van der Waals surface area contributed by atoms with Crippen LogP contribution in [0.4, 0.5) is 5.82 Å². The number of anilines is 1. The number of hydrogen-bond donors (Lipinski definition) is 5. The zero-order valence-electron chi connectivity index (χ0n) is 12.5. The molecule has 1 aliphatic heterocycles. The summed E-state index contributed by atoms with van der Waals surface area (Å²) in [6.45, 7) is -0.468. The summed E-state index contributed by atoms with van der Waals surface area (Å²) in [5.74, 6) is 0.392. The van der Waals surface area contributed by atoms with Gasteiger partial charge in [-0.1, -0.05) is 0 Å². The Labute approximate surface area is 134 Å². The molecular formula is C11H16N5O7P. The zero-order chi connectivity index (χ0) is 17.5. The molecule has 0 aliphatic carbocycles. The lowest BCUT2D eigenvalue weighted by Gasteiger charge is -2.16. The molecular weight excluding hydrogens is 345 g/mol. The van der Waals surface area contributed by atoms with Crippen LogP contribution in [0.2, 0.25) is 0 Å². The van der Waals surface area contributed by atoms with Gasteiger partial charge in [0.15, 0.2) is 5.65 Å². The third-order valence-electron chi connectivity index (χ3n) is 3.62. The van der Waals surface area contributed by atoms with E-state index in [0.717, 1.165) is 0 Å². The van der Waals surface area contributed by atoms with Crippen LogP contribution >= 0.6 is 7.82 Å². The Morgan fingerprint density at radius 1 is 1.58 bits per heavy atom. The SMILES string of the molecule is CNc1[nH]c(=O)nc2c1ncn2[C@H]1C[C@H](O)[C@@H](COP(=O)(O)O)O1. The maximum absolute atomic E-state index is 11.6. The topological polar surface area (TPSA) is 172 Å². The van der Waals surface area contributed by atoms with Crippen molar-refractivity contribution in [2.24, 2.45) is 0 Å². The lowest BCUT2D eigenvalue weighted by atomic mass is 10.2. The van der Waals surface area contributed by atoms with Gasteiger partial charge in [-0.25, -0.2) is 14.3 Å². The molecule has 0 bridgehead atoms. The molecule has 3 heterocycles. The van der Waals surface area contributed by atoms with Crippen molar-refractivity contribution in [3.05, 3.63) is 16.8 Å². The highest BCUT2D eigenvalue weighted by Gasteiger charge is 2.37. The summed E-state index contributed by atoms with van der Waals surface area (Å²) in [5.41, 5.74) is 0.107. The highest BCUT2D eigenvalue weighted by atomic mass is 31.2. The molecule has 3 atom stereocenters. The van der Waals surface area contributed by atoms with Crippen LogP contribution in [-0.2, 0) is 13.8 Å². The third-order valence-corrected chi connectivity index (χ3v) is 4.10. The molecule has 13 heteroatoms. The highest BCUT2D eigenvalue weighted by Crippen LogP contribution is 2.38. The van der Waals surface area contributed by atoms with Crippen molar-refractivity contribution >= 4 is 24.8 Å². The molecule has 2 aromatic rings. The first-order chi connectivity index (χ1) is 11.3. The molecule has 0 spiro atoms. The minimum absolute atomic E-state index is 0.129. The Hall–Kier alpha value is -1.82. The largest absolute Gasteiger partial charge is 0.469 e. The van der Waals surface area contributed by atoms with Crippen molar-refractivity contribution in [2.45, 2.75) is 24.9 Å². The van der Waals surface area contributed by atoms with Crippen molar-refractivity contribution in [1.29, 1.82) is 0 Å². The fourth-order valence-electron chi connectivity index (χ4n) is 2.53. The fourth-order valence-corrected chi connectivity index (χ4v) is 2.87. The first-order valence-electron chi connectivity index (χ1n) is 6.96. The maximum atomic E-state index is 11.6. The molecule has 132 valence electrons. The lowest BCUT2D eigenvalue weighted by molar-refractivity contribution is -0.0424. The molecule has 2 aromatic heterocycles. The Morgan fingerprint density at radius 2 is 2.33 bits per heavy atom. The van der Waals surface area contributed by atoms with Gasteiger partial charge >= 0.3 is 13.5 Å². The van der Waals surface area contributed by atoms with Gasteiger partial charge in [-0.3, -0.25) is 14.1 Å². The van der Waals surface area contributed by atoms with E-state index >= 15 is 0 Å². The summed E-state index contributed by atoms with van der Waals surface area (Å²) in [4.78, 5) is 39.6. The minimum atomic E-state index is -4.66. The van der Waals surface area contributed by atoms with Gasteiger partial charge in [-0.05, 0) is 0 Å². The molecule has 1 saturated heterocycles. The molecule has 0 unspecified atom stereocenters. The van der Waals surface area contributed by atoms with Gasteiger partial charge in [-0.15, -0.1) is 0 Å². The molecule has 0 amide bonds. The van der Waals surface area contributed by atoms with Gasteiger partial charge < -0.3 is 24.9 Å². The van der Waals surface area contributed by atoms with E-state index < -0.39 is 38.6 Å². The number of ether oxygens (including phenoxy) is 1. The second-order valence-electron chi connectivity index (χ2n) is 5.21. The standard InChI is InChI=1S/C11H16N5O7P/c1-12-9-8-10(15-11(18)14-9)16(4-13-8)7-2-5(17)6(23-7)3-22-24(19,20)21/h4-7,17H,2-3H2,1H3,(H2,19,20,21)(H2,12,14,15,18)/t5-,6+,7+/m0/s1. The van der Waals surface area contributed by atoms with E-state index in [-0.39, 0.29) is 12.1 Å². The fraction of sp³-hybridized carbons (Fsp3) is 0.545. The van der Waals surface area contributed by atoms with Gasteiger partial charge in [-0.2, -0.15) is 4.98 Å². The van der Waals surface area contributed by atoms with Crippen LogP contribution in [0.25, 0.3) is 11.2 Å². The number of fused-ring (bicyclic) bond motifs is 1. The van der Waals surface area contributed by atoms with Crippen LogP contribution in [0.15, 0.2) is 11.1 Å². The Bertz CT molecular complexity index is 845. The van der Waals surface area contributed by atoms with Crippen molar-refractivity contribution in [2.75, 3.05) is 19.0 Å². The smallest absolute Gasteiger partial charge is 0.390 e. The van der Waals surface area contributed by atoms with Gasteiger partial charge in [0.2, 0.25) is 0 Å². The number of imidazole rings is 1. The summed E-state index contributed by atoms with van der Waals surface area (Å²) in [5, 5.41) is 12.8. The van der Waals surface area contributed by atoms with Gasteiger partial charge in [0.25, 0.3) is 0 Å². The number of nitrogens with zero attached hydrogens (tertiary/aromatic N) is 3. The first kappa shape index (κ1) is 17.0. The average molecular weight is 361 g/mol. The van der Waals surface area contributed by atoms with E-state index in [0.29, 0.717) is 11.3 Å². The lowest BCUT2D eigenvalue weighted by Crippen LogP contribution is -2.25. The molecule has 1 aliphatic rings. The number of aromatic nitrogens is 4. The van der Waals surface area contributed by atoms with Gasteiger partial charge in [0, 0.05) is 13.5 Å². The predicted octanol–water partition coefficient (Wildman–Crippen LogP) is -1.08. The quantitative estimate of drug-likeness (QED) is 0.412.